The van der Waals surface area contributed by atoms with Crippen LogP contribution in [0.2, 0.25) is 0 Å². The number of hydrogen-bond donors (Lipinski definition) is 1. The molecule has 0 bridgehead atoms. The van der Waals surface area contributed by atoms with Crippen molar-refractivity contribution < 1.29 is 28.2 Å². The molecular weight excluding hydrogens is 412 g/mol. The van der Waals surface area contributed by atoms with Gasteiger partial charge in [0.15, 0.2) is 17.3 Å². The van der Waals surface area contributed by atoms with Crippen LogP contribution in [0.15, 0.2) is 59.2 Å². The summed E-state index contributed by atoms with van der Waals surface area (Å²) in [5.74, 6) is 0.784. The lowest BCUT2D eigenvalue weighted by Gasteiger charge is -2.35. The number of nitrogens with zero attached hydrogens (tertiary/aromatic N) is 1. The SMILES string of the molecule is COc1cc(NC(=O)[C@H]2Cc3ccccc3CN2C(=O)c2ccco2)cc(OC)c1OC. The van der Waals surface area contributed by atoms with Gasteiger partial charge in [-0.3, -0.25) is 9.59 Å². The standard InChI is InChI=1S/C24H24N2O6/c1-29-20-12-17(13-21(30-2)22(20)31-3)25-23(27)18-11-15-7-4-5-8-16(15)14-26(18)24(28)19-9-6-10-32-19/h4-10,12-13,18H,11,14H2,1-3H3,(H,25,27)/t18-/m1/s1. The number of carbonyl (C=O) groups excluding carboxylic acids is 2. The van der Waals surface area contributed by atoms with Gasteiger partial charge in [0.1, 0.15) is 6.04 Å². The van der Waals surface area contributed by atoms with Gasteiger partial charge in [0, 0.05) is 30.8 Å². The quantitative estimate of drug-likeness (QED) is 0.636. The number of anilines is 1. The minimum absolute atomic E-state index is 0.190. The van der Waals surface area contributed by atoms with Crippen LogP contribution in [0, 0.1) is 0 Å². The molecule has 1 aromatic heterocycles. The van der Waals surface area contributed by atoms with Crippen molar-refractivity contribution in [3.05, 3.63) is 71.7 Å². The molecule has 1 atom stereocenters. The van der Waals surface area contributed by atoms with E-state index in [9.17, 15) is 9.59 Å². The second-order valence-electron chi connectivity index (χ2n) is 7.30. The van der Waals surface area contributed by atoms with Gasteiger partial charge in [-0.15, -0.1) is 0 Å². The molecule has 0 unspecified atom stereocenters. The first-order valence-electron chi connectivity index (χ1n) is 10.1. The van der Waals surface area contributed by atoms with E-state index in [1.807, 2.05) is 24.3 Å². The smallest absolute Gasteiger partial charge is 0.290 e. The molecule has 3 aromatic rings. The van der Waals surface area contributed by atoms with Crippen LogP contribution in [0.5, 0.6) is 17.2 Å². The van der Waals surface area contributed by atoms with Gasteiger partial charge in [0.2, 0.25) is 11.7 Å². The predicted octanol–water partition coefficient (Wildman–Crippen LogP) is 3.51. The van der Waals surface area contributed by atoms with E-state index >= 15 is 0 Å². The van der Waals surface area contributed by atoms with Gasteiger partial charge in [-0.2, -0.15) is 0 Å². The maximum absolute atomic E-state index is 13.4. The Morgan fingerprint density at radius 3 is 2.25 bits per heavy atom. The van der Waals surface area contributed by atoms with Gasteiger partial charge in [-0.1, -0.05) is 24.3 Å². The molecule has 0 saturated carbocycles. The number of carbonyl (C=O) groups is 2. The van der Waals surface area contributed by atoms with Crippen LogP contribution in [-0.4, -0.2) is 44.1 Å². The highest BCUT2D eigenvalue weighted by atomic mass is 16.5. The van der Waals surface area contributed by atoms with E-state index in [2.05, 4.69) is 5.32 Å². The summed E-state index contributed by atoms with van der Waals surface area (Å²) in [6.07, 6.45) is 1.83. The van der Waals surface area contributed by atoms with Gasteiger partial charge >= 0.3 is 0 Å². The fraction of sp³-hybridized carbons (Fsp3) is 0.250. The van der Waals surface area contributed by atoms with Crippen molar-refractivity contribution in [2.75, 3.05) is 26.6 Å². The van der Waals surface area contributed by atoms with E-state index < -0.39 is 6.04 Å². The van der Waals surface area contributed by atoms with Crippen molar-refractivity contribution in [2.45, 2.75) is 19.0 Å². The molecule has 8 nitrogen and oxygen atoms in total. The van der Waals surface area contributed by atoms with Crippen LogP contribution in [0.3, 0.4) is 0 Å². The minimum Gasteiger partial charge on any atom is -0.493 e. The van der Waals surface area contributed by atoms with Crippen LogP contribution < -0.4 is 19.5 Å². The zero-order chi connectivity index (χ0) is 22.7. The van der Waals surface area contributed by atoms with E-state index in [0.717, 1.165) is 11.1 Å². The van der Waals surface area contributed by atoms with E-state index in [1.54, 1.807) is 24.3 Å². The molecule has 8 heteroatoms. The summed E-state index contributed by atoms with van der Waals surface area (Å²) in [5, 5.41) is 2.89. The number of fused-ring (bicyclic) bond motifs is 1. The Labute approximate surface area is 185 Å². The van der Waals surface area contributed by atoms with Gasteiger partial charge in [0.25, 0.3) is 5.91 Å². The molecule has 166 valence electrons. The largest absolute Gasteiger partial charge is 0.493 e. The Balaban J connectivity index is 1.65. The molecule has 0 radical (unpaired) electrons. The molecule has 1 aliphatic rings. The molecule has 1 N–H and O–H groups in total. The number of methoxy groups -OCH3 is 3. The summed E-state index contributed by atoms with van der Waals surface area (Å²) in [5.41, 5.74) is 2.50. The topological polar surface area (TPSA) is 90.2 Å². The van der Waals surface area contributed by atoms with Gasteiger partial charge < -0.3 is 28.8 Å². The summed E-state index contributed by atoms with van der Waals surface area (Å²) < 4.78 is 21.4. The number of amides is 2. The third-order valence-corrected chi connectivity index (χ3v) is 5.48. The molecule has 0 saturated heterocycles. The highest BCUT2D eigenvalue weighted by molar-refractivity contribution is 6.01. The van der Waals surface area contributed by atoms with Gasteiger partial charge in [-0.05, 0) is 23.3 Å². The summed E-state index contributed by atoms with van der Waals surface area (Å²) in [7, 11) is 4.52. The highest BCUT2D eigenvalue weighted by Gasteiger charge is 2.36. The normalized spacial score (nSPS) is 15.0. The van der Waals surface area contributed by atoms with E-state index in [-0.39, 0.29) is 17.6 Å². The van der Waals surface area contributed by atoms with Crippen molar-refractivity contribution in [3.63, 3.8) is 0 Å². The van der Waals surface area contributed by atoms with E-state index in [0.29, 0.717) is 35.9 Å². The molecular formula is C24H24N2O6. The molecule has 4 rings (SSSR count). The van der Waals surface area contributed by atoms with Crippen LogP contribution in [0.25, 0.3) is 0 Å². The van der Waals surface area contributed by atoms with Crippen LogP contribution >= 0.6 is 0 Å². The molecule has 2 amide bonds. The molecule has 2 heterocycles. The third-order valence-electron chi connectivity index (χ3n) is 5.48. The first-order valence-corrected chi connectivity index (χ1v) is 10.1. The lowest BCUT2D eigenvalue weighted by Crippen LogP contribution is -2.50. The highest BCUT2D eigenvalue weighted by Crippen LogP contribution is 2.40. The second-order valence-corrected chi connectivity index (χ2v) is 7.30. The lowest BCUT2D eigenvalue weighted by atomic mass is 9.93. The molecule has 2 aromatic carbocycles. The average molecular weight is 436 g/mol. The second kappa shape index (κ2) is 9.05. The summed E-state index contributed by atoms with van der Waals surface area (Å²) in [6, 6.07) is 13.6. The Kier molecular flexibility index (Phi) is 6.02. The fourth-order valence-corrected chi connectivity index (χ4v) is 3.89. The Morgan fingerprint density at radius 2 is 1.66 bits per heavy atom. The Bertz CT molecular complexity index is 1100. The molecule has 32 heavy (non-hydrogen) atoms. The summed E-state index contributed by atoms with van der Waals surface area (Å²) in [6.45, 7) is 0.309. The van der Waals surface area contributed by atoms with Crippen molar-refractivity contribution in [1.82, 2.24) is 4.90 Å². The number of nitrogens with one attached hydrogen (secondary N) is 1. The van der Waals surface area contributed by atoms with Gasteiger partial charge in [0.05, 0.1) is 27.6 Å². The average Bonchev–Trinajstić information content (AvgIpc) is 3.37. The zero-order valence-electron chi connectivity index (χ0n) is 18.1. The summed E-state index contributed by atoms with van der Waals surface area (Å²) >= 11 is 0. The lowest BCUT2D eigenvalue weighted by molar-refractivity contribution is -0.121. The first-order chi connectivity index (χ1) is 15.5. The van der Waals surface area contributed by atoms with Crippen molar-refractivity contribution in [3.8, 4) is 17.2 Å². The maximum Gasteiger partial charge on any atom is 0.290 e. The zero-order valence-corrected chi connectivity index (χ0v) is 18.1. The van der Waals surface area contributed by atoms with E-state index in [4.69, 9.17) is 18.6 Å². The number of benzene rings is 2. The Hall–Kier alpha value is -3.94. The number of hydrogen-bond acceptors (Lipinski definition) is 6. The van der Waals surface area contributed by atoms with Crippen molar-refractivity contribution >= 4 is 17.5 Å². The number of ether oxygens (including phenoxy) is 3. The van der Waals surface area contributed by atoms with Gasteiger partial charge in [-0.25, -0.2) is 0 Å². The molecule has 0 spiro atoms. The number of rotatable bonds is 6. The Morgan fingerprint density at radius 1 is 0.969 bits per heavy atom. The van der Waals surface area contributed by atoms with Crippen molar-refractivity contribution in [1.29, 1.82) is 0 Å². The molecule has 1 aliphatic heterocycles. The first kappa shape index (κ1) is 21.3. The molecule has 0 aliphatic carbocycles. The minimum atomic E-state index is -0.721. The predicted molar refractivity (Wildman–Crippen MR) is 117 cm³/mol. The maximum atomic E-state index is 13.4. The fourth-order valence-electron chi connectivity index (χ4n) is 3.89. The third kappa shape index (κ3) is 3.99. The van der Waals surface area contributed by atoms with Crippen LogP contribution in [0.4, 0.5) is 5.69 Å². The molecule has 0 fully saturated rings. The monoisotopic (exact) mass is 436 g/mol. The van der Waals surface area contributed by atoms with Crippen LogP contribution in [0.1, 0.15) is 21.7 Å². The van der Waals surface area contributed by atoms with E-state index in [1.165, 1.54) is 32.5 Å². The van der Waals surface area contributed by atoms with Crippen LogP contribution in [-0.2, 0) is 17.8 Å². The van der Waals surface area contributed by atoms with Crippen molar-refractivity contribution in [2.24, 2.45) is 0 Å². The summed E-state index contributed by atoms with van der Waals surface area (Å²) in [4.78, 5) is 28.0. The number of furan rings is 1.